The third kappa shape index (κ3) is 10.3. The van der Waals surface area contributed by atoms with Crippen LogP contribution in [0.4, 0.5) is 0 Å². The van der Waals surface area contributed by atoms with Crippen LogP contribution in [-0.4, -0.2) is 61.6 Å². The number of aliphatic hydroxyl groups excluding tert-OH is 2. The second kappa shape index (κ2) is 9.99. The van der Waals surface area contributed by atoms with E-state index in [0.29, 0.717) is 26.4 Å². The third-order valence-electron chi connectivity index (χ3n) is 1.86. The number of ether oxygens (including phenoxy) is 3. The van der Waals surface area contributed by atoms with Gasteiger partial charge in [0.05, 0.1) is 51.3 Å². The molecule has 0 aromatic heterocycles. The van der Waals surface area contributed by atoms with Gasteiger partial charge < -0.3 is 24.4 Å². The van der Waals surface area contributed by atoms with Gasteiger partial charge in [0.25, 0.3) is 0 Å². The van der Waals surface area contributed by atoms with Crippen LogP contribution in [-0.2, 0) is 14.2 Å². The van der Waals surface area contributed by atoms with E-state index in [1.165, 1.54) is 0 Å². The fraction of sp³-hybridized carbons (Fsp3) is 1.00. The van der Waals surface area contributed by atoms with E-state index >= 15 is 0 Å². The Bertz CT molecular complexity index is 151. The first-order chi connectivity index (χ1) is 7.56. The lowest BCUT2D eigenvalue weighted by atomic mass is 10.4. The molecule has 98 valence electrons. The van der Waals surface area contributed by atoms with Crippen molar-refractivity contribution in [2.75, 3.05) is 33.0 Å². The van der Waals surface area contributed by atoms with Crippen molar-refractivity contribution in [1.82, 2.24) is 0 Å². The molecule has 0 saturated carbocycles. The Labute approximate surface area is 97.3 Å². The summed E-state index contributed by atoms with van der Waals surface area (Å²) in [6.07, 6.45) is -0.631. The predicted molar refractivity (Wildman–Crippen MR) is 60.4 cm³/mol. The highest BCUT2D eigenvalue weighted by Gasteiger charge is 2.04. The van der Waals surface area contributed by atoms with Gasteiger partial charge >= 0.3 is 0 Å². The SMILES string of the molecule is CC(O)COC(C)COCCOC(C)CO. The number of hydrogen-bond donors (Lipinski definition) is 2. The molecule has 0 aliphatic heterocycles. The standard InChI is InChI=1S/C11H24O5/c1-9(13)7-16-11(3)8-14-4-5-15-10(2)6-12/h9-13H,4-8H2,1-3H3. The van der Waals surface area contributed by atoms with Crippen molar-refractivity contribution in [2.45, 2.75) is 39.1 Å². The number of rotatable bonds is 10. The first-order valence-electron chi connectivity index (χ1n) is 5.66. The van der Waals surface area contributed by atoms with E-state index in [-0.39, 0.29) is 18.8 Å². The molecule has 0 aliphatic carbocycles. The topological polar surface area (TPSA) is 68.2 Å². The van der Waals surface area contributed by atoms with Gasteiger partial charge in [-0.2, -0.15) is 0 Å². The van der Waals surface area contributed by atoms with E-state index in [0.717, 1.165) is 0 Å². The minimum absolute atomic E-state index is 0.0217. The van der Waals surface area contributed by atoms with Gasteiger partial charge in [-0.05, 0) is 20.8 Å². The lowest BCUT2D eigenvalue weighted by Crippen LogP contribution is -2.23. The Kier molecular flexibility index (Phi) is 9.86. The second-order valence-electron chi connectivity index (χ2n) is 3.93. The molecule has 3 atom stereocenters. The molecule has 0 aromatic rings. The predicted octanol–water partition coefficient (Wildman–Crippen LogP) is 0.186. The summed E-state index contributed by atoms with van der Waals surface area (Å²) in [5, 5.41) is 17.7. The zero-order valence-electron chi connectivity index (χ0n) is 10.4. The fourth-order valence-electron chi connectivity index (χ4n) is 0.962. The van der Waals surface area contributed by atoms with Gasteiger partial charge in [0.2, 0.25) is 0 Å². The third-order valence-corrected chi connectivity index (χ3v) is 1.86. The van der Waals surface area contributed by atoms with E-state index in [9.17, 15) is 0 Å². The van der Waals surface area contributed by atoms with E-state index in [4.69, 9.17) is 24.4 Å². The van der Waals surface area contributed by atoms with Gasteiger partial charge in [-0.25, -0.2) is 0 Å². The summed E-state index contributed by atoms with van der Waals surface area (Å²) in [6, 6.07) is 0. The molecule has 0 spiro atoms. The van der Waals surface area contributed by atoms with Crippen molar-refractivity contribution in [3.63, 3.8) is 0 Å². The van der Waals surface area contributed by atoms with Gasteiger partial charge in [0.15, 0.2) is 0 Å². The van der Waals surface area contributed by atoms with Crippen LogP contribution in [0.3, 0.4) is 0 Å². The quantitative estimate of drug-likeness (QED) is 0.530. The van der Waals surface area contributed by atoms with Crippen molar-refractivity contribution in [3.05, 3.63) is 0 Å². The zero-order valence-corrected chi connectivity index (χ0v) is 10.4. The minimum Gasteiger partial charge on any atom is -0.394 e. The van der Waals surface area contributed by atoms with Crippen LogP contribution in [0.5, 0.6) is 0 Å². The molecular weight excluding hydrogens is 212 g/mol. The molecule has 0 aliphatic rings. The normalized spacial score (nSPS) is 17.1. The molecule has 3 unspecified atom stereocenters. The van der Waals surface area contributed by atoms with Gasteiger partial charge in [-0.15, -0.1) is 0 Å². The molecule has 0 aromatic carbocycles. The summed E-state index contributed by atoms with van der Waals surface area (Å²) >= 11 is 0. The second-order valence-corrected chi connectivity index (χ2v) is 3.93. The first kappa shape index (κ1) is 15.8. The lowest BCUT2D eigenvalue weighted by Gasteiger charge is -2.15. The maximum absolute atomic E-state index is 8.99. The Balaban J connectivity index is 3.24. The van der Waals surface area contributed by atoms with Crippen molar-refractivity contribution < 1.29 is 24.4 Å². The van der Waals surface area contributed by atoms with Crippen molar-refractivity contribution in [2.24, 2.45) is 0 Å². The number of hydrogen-bond acceptors (Lipinski definition) is 5. The van der Waals surface area contributed by atoms with Crippen molar-refractivity contribution >= 4 is 0 Å². The summed E-state index contributed by atoms with van der Waals surface area (Å²) in [6.45, 7) is 7.13. The Morgan fingerprint density at radius 1 is 0.938 bits per heavy atom. The van der Waals surface area contributed by atoms with Gasteiger partial charge in [0.1, 0.15) is 0 Å². The Morgan fingerprint density at radius 2 is 1.62 bits per heavy atom. The van der Waals surface area contributed by atoms with Gasteiger partial charge in [0, 0.05) is 0 Å². The van der Waals surface area contributed by atoms with Crippen LogP contribution in [0.1, 0.15) is 20.8 Å². The van der Waals surface area contributed by atoms with Crippen LogP contribution >= 0.6 is 0 Å². The summed E-state index contributed by atoms with van der Waals surface area (Å²) in [7, 11) is 0. The smallest absolute Gasteiger partial charge is 0.0781 e. The molecule has 0 rings (SSSR count). The highest BCUT2D eigenvalue weighted by atomic mass is 16.6. The number of aliphatic hydroxyl groups is 2. The highest BCUT2D eigenvalue weighted by Crippen LogP contribution is 1.95. The van der Waals surface area contributed by atoms with Crippen LogP contribution < -0.4 is 0 Å². The average molecular weight is 236 g/mol. The zero-order chi connectivity index (χ0) is 12.4. The van der Waals surface area contributed by atoms with Crippen molar-refractivity contribution in [3.8, 4) is 0 Å². The first-order valence-corrected chi connectivity index (χ1v) is 5.66. The maximum atomic E-state index is 8.99. The molecule has 0 saturated heterocycles. The molecule has 16 heavy (non-hydrogen) atoms. The summed E-state index contributed by atoms with van der Waals surface area (Å²) < 4.78 is 15.8. The van der Waals surface area contributed by atoms with E-state index in [2.05, 4.69) is 0 Å². The van der Waals surface area contributed by atoms with E-state index < -0.39 is 6.10 Å². The largest absolute Gasteiger partial charge is 0.394 e. The fourth-order valence-corrected chi connectivity index (χ4v) is 0.962. The lowest BCUT2D eigenvalue weighted by molar-refractivity contribution is -0.0553. The monoisotopic (exact) mass is 236 g/mol. The molecule has 2 N–H and O–H groups in total. The molecular formula is C11H24O5. The maximum Gasteiger partial charge on any atom is 0.0781 e. The summed E-state index contributed by atoms with van der Waals surface area (Å²) in [4.78, 5) is 0. The molecule has 0 bridgehead atoms. The van der Waals surface area contributed by atoms with E-state index in [1.54, 1.807) is 13.8 Å². The highest BCUT2D eigenvalue weighted by molar-refractivity contribution is 4.50. The van der Waals surface area contributed by atoms with Gasteiger partial charge in [-0.1, -0.05) is 0 Å². The Hall–Kier alpha value is -0.200. The minimum atomic E-state index is -0.448. The molecule has 0 amide bonds. The molecule has 0 radical (unpaired) electrons. The van der Waals surface area contributed by atoms with Crippen LogP contribution in [0.15, 0.2) is 0 Å². The van der Waals surface area contributed by atoms with Gasteiger partial charge in [-0.3, -0.25) is 0 Å². The van der Waals surface area contributed by atoms with E-state index in [1.807, 2.05) is 6.92 Å². The summed E-state index contributed by atoms with van der Waals surface area (Å²) in [5.74, 6) is 0. The molecule has 0 fully saturated rings. The molecule has 0 heterocycles. The molecule has 5 nitrogen and oxygen atoms in total. The average Bonchev–Trinajstić information content (AvgIpc) is 2.25. The van der Waals surface area contributed by atoms with Crippen molar-refractivity contribution in [1.29, 1.82) is 0 Å². The van der Waals surface area contributed by atoms with Crippen LogP contribution in [0, 0.1) is 0 Å². The summed E-state index contributed by atoms with van der Waals surface area (Å²) in [5.41, 5.74) is 0. The molecule has 5 heteroatoms. The Morgan fingerprint density at radius 3 is 2.19 bits per heavy atom. The van der Waals surface area contributed by atoms with Crippen LogP contribution in [0.25, 0.3) is 0 Å². The van der Waals surface area contributed by atoms with Crippen LogP contribution in [0.2, 0.25) is 0 Å².